The van der Waals surface area contributed by atoms with Gasteiger partial charge < -0.3 is 9.72 Å². The number of hydrogen-bond donors (Lipinski definition) is 1. The summed E-state index contributed by atoms with van der Waals surface area (Å²) in [5.74, 6) is 0. The van der Waals surface area contributed by atoms with E-state index in [1.807, 2.05) is 12.1 Å². The Labute approximate surface area is 108 Å². The molecule has 0 aliphatic carbocycles. The van der Waals surface area contributed by atoms with Crippen LogP contribution in [0.25, 0.3) is 5.65 Å². The summed E-state index contributed by atoms with van der Waals surface area (Å²) < 4.78 is 2.09. The van der Waals surface area contributed by atoms with E-state index in [1.165, 1.54) is 6.42 Å². The van der Waals surface area contributed by atoms with Gasteiger partial charge in [-0.25, -0.2) is 4.98 Å². The van der Waals surface area contributed by atoms with E-state index in [0.717, 1.165) is 37.5 Å². The molecule has 1 aliphatic rings. The Balaban J connectivity index is 1.78. The number of fused-ring (bicyclic) bond motifs is 1. The molecule has 1 atom stereocenters. The first kappa shape index (κ1) is 11.7. The maximum absolute atomic E-state index is 4.67. The van der Waals surface area contributed by atoms with Crippen molar-refractivity contribution in [3.8, 4) is 0 Å². The third-order valence-electron chi connectivity index (χ3n) is 3.72. The van der Waals surface area contributed by atoms with Gasteiger partial charge in [0, 0.05) is 38.1 Å². The van der Waals surface area contributed by atoms with Gasteiger partial charge in [0.2, 0.25) is 0 Å². The van der Waals surface area contributed by atoms with Crippen LogP contribution in [0.2, 0.25) is 0 Å². The lowest BCUT2D eigenvalue weighted by Crippen LogP contribution is -2.33. The first-order valence-corrected chi connectivity index (χ1v) is 6.70. The molecule has 3 heterocycles. The summed E-state index contributed by atoms with van der Waals surface area (Å²) >= 11 is 0. The fourth-order valence-corrected chi connectivity index (χ4v) is 2.57. The standard InChI is InChI=1S/C14H20N4/c1-12-5-6-15-7-9-17(12)10-13-11-18-8-3-2-4-14(18)16-13/h2-4,8,11-12,15H,5-7,9-10H2,1H3. The summed E-state index contributed by atoms with van der Waals surface area (Å²) in [4.78, 5) is 7.19. The van der Waals surface area contributed by atoms with Crippen molar-refractivity contribution >= 4 is 5.65 Å². The number of nitrogens with zero attached hydrogens (tertiary/aromatic N) is 3. The Morgan fingerprint density at radius 2 is 2.33 bits per heavy atom. The van der Waals surface area contributed by atoms with Crippen LogP contribution in [0.4, 0.5) is 0 Å². The molecule has 1 N–H and O–H groups in total. The summed E-state index contributed by atoms with van der Waals surface area (Å²) in [7, 11) is 0. The molecule has 1 saturated heterocycles. The minimum absolute atomic E-state index is 0.629. The minimum atomic E-state index is 0.629. The van der Waals surface area contributed by atoms with Gasteiger partial charge in [0.25, 0.3) is 0 Å². The predicted molar refractivity (Wildman–Crippen MR) is 72.6 cm³/mol. The number of nitrogens with one attached hydrogen (secondary N) is 1. The minimum Gasteiger partial charge on any atom is -0.315 e. The van der Waals surface area contributed by atoms with E-state index in [9.17, 15) is 0 Å². The predicted octanol–water partition coefficient (Wildman–Crippen LogP) is 1.52. The molecule has 0 saturated carbocycles. The molecule has 0 bridgehead atoms. The highest BCUT2D eigenvalue weighted by Crippen LogP contribution is 2.12. The molecule has 0 radical (unpaired) electrons. The molecule has 96 valence electrons. The van der Waals surface area contributed by atoms with Crippen molar-refractivity contribution in [3.05, 3.63) is 36.3 Å². The van der Waals surface area contributed by atoms with Crippen LogP contribution in [0, 0.1) is 0 Å². The van der Waals surface area contributed by atoms with E-state index >= 15 is 0 Å². The molecule has 3 rings (SSSR count). The number of rotatable bonds is 2. The molecule has 0 amide bonds. The Hall–Kier alpha value is -1.39. The van der Waals surface area contributed by atoms with Gasteiger partial charge in [0.05, 0.1) is 5.69 Å². The fourth-order valence-electron chi connectivity index (χ4n) is 2.57. The number of imidazole rings is 1. The van der Waals surface area contributed by atoms with E-state index in [1.54, 1.807) is 0 Å². The Morgan fingerprint density at radius 1 is 1.39 bits per heavy atom. The molecule has 4 heteroatoms. The van der Waals surface area contributed by atoms with Crippen molar-refractivity contribution in [2.24, 2.45) is 0 Å². The molecular weight excluding hydrogens is 224 g/mol. The Morgan fingerprint density at radius 3 is 3.22 bits per heavy atom. The van der Waals surface area contributed by atoms with Crippen LogP contribution >= 0.6 is 0 Å². The van der Waals surface area contributed by atoms with Gasteiger partial charge in [-0.15, -0.1) is 0 Å². The molecular formula is C14H20N4. The van der Waals surface area contributed by atoms with E-state index in [-0.39, 0.29) is 0 Å². The number of aromatic nitrogens is 2. The van der Waals surface area contributed by atoms with E-state index < -0.39 is 0 Å². The summed E-state index contributed by atoms with van der Waals surface area (Å²) in [5, 5.41) is 3.45. The molecule has 2 aromatic rings. The topological polar surface area (TPSA) is 32.6 Å². The summed E-state index contributed by atoms with van der Waals surface area (Å²) in [6.07, 6.45) is 5.41. The largest absolute Gasteiger partial charge is 0.315 e. The lowest BCUT2D eigenvalue weighted by Gasteiger charge is -2.25. The van der Waals surface area contributed by atoms with Gasteiger partial charge >= 0.3 is 0 Å². The lowest BCUT2D eigenvalue weighted by atomic mass is 10.2. The second-order valence-corrected chi connectivity index (χ2v) is 5.06. The molecule has 0 aromatic carbocycles. The first-order valence-electron chi connectivity index (χ1n) is 6.70. The van der Waals surface area contributed by atoms with Crippen LogP contribution in [0.5, 0.6) is 0 Å². The van der Waals surface area contributed by atoms with Crippen LogP contribution in [-0.2, 0) is 6.54 Å². The van der Waals surface area contributed by atoms with Crippen molar-refractivity contribution in [3.63, 3.8) is 0 Å². The molecule has 18 heavy (non-hydrogen) atoms. The highest BCUT2D eigenvalue weighted by molar-refractivity contribution is 5.39. The normalized spacial score (nSPS) is 22.2. The van der Waals surface area contributed by atoms with E-state index in [4.69, 9.17) is 0 Å². The van der Waals surface area contributed by atoms with Crippen molar-refractivity contribution in [1.82, 2.24) is 19.6 Å². The number of pyridine rings is 1. The maximum atomic E-state index is 4.67. The molecule has 4 nitrogen and oxygen atoms in total. The SMILES string of the molecule is CC1CCNCCN1Cc1cn2ccccc2n1. The second-order valence-electron chi connectivity index (χ2n) is 5.06. The molecule has 1 aliphatic heterocycles. The zero-order valence-corrected chi connectivity index (χ0v) is 10.8. The van der Waals surface area contributed by atoms with E-state index in [0.29, 0.717) is 6.04 Å². The molecule has 2 aromatic heterocycles. The van der Waals surface area contributed by atoms with Crippen molar-refractivity contribution in [2.45, 2.75) is 25.9 Å². The Kier molecular flexibility index (Phi) is 3.30. The van der Waals surface area contributed by atoms with Gasteiger partial charge in [-0.05, 0) is 32.0 Å². The van der Waals surface area contributed by atoms with Gasteiger partial charge in [0.15, 0.2) is 0 Å². The summed E-state index contributed by atoms with van der Waals surface area (Å²) in [6.45, 7) is 6.57. The first-order chi connectivity index (χ1) is 8.83. The quantitative estimate of drug-likeness (QED) is 0.869. The second kappa shape index (κ2) is 5.08. The lowest BCUT2D eigenvalue weighted by molar-refractivity contribution is 0.209. The van der Waals surface area contributed by atoms with E-state index in [2.05, 4.69) is 45.0 Å². The zero-order chi connectivity index (χ0) is 12.4. The summed E-state index contributed by atoms with van der Waals surface area (Å²) in [6, 6.07) is 6.75. The highest BCUT2D eigenvalue weighted by Gasteiger charge is 2.17. The highest BCUT2D eigenvalue weighted by atomic mass is 15.2. The Bertz CT molecular complexity index is 486. The number of hydrogen-bond acceptors (Lipinski definition) is 3. The van der Waals surface area contributed by atoms with Gasteiger partial charge in [0.1, 0.15) is 5.65 Å². The monoisotopic (exact) mass is 244 g/mol. The van der Waals surface area contributed by atoms with Crippen molar-refractivity contribution < 1.29 is 0 Å². The van der Waals surface area contributed by atoms with Gasteiger partial charge in [-0.1, -0.05) is 6.07 Å². The van der Waals surface area contributed by atoms with Crippen LogP contribution < -0.4 is 5.32 Å². The smallest absolute Gasteiger partial charge is 0.137 e. The van der Waals surface area contributed by atoms with Gasteiger partial charge in [-0.3, -0.25) is 4.90 Å². The molecule has 1 unspecified atom stereocenters. The van der Waals surface area contributed by atoms with Crippen LogP contribution in [0.3, 0.4) is 0 Å². The maximum Gasteiger partial charge on any atom is 0.137 e. The zero-order valence-electron chi connectivity index (χ0n) is 10.8. The molecule has 1 fully saturated rings. The third kappa shape index (κ3) is 2.40. The third-order valence-corrected chi connectivity index (χ3v) is 3.72. The molecule has 0 spiro atoms. The van der Waals surface area contributed by atoms with Crippen molar-refractivity contribution in [2.75, 3.05) is 19.6 Å². The van der Waals surface area contributed by atoms with Crippen LogP contribution in [-0.4, -0.2) is 40.0 Å². The average Bonchev–Trinajstić information content (AvgIpc) is 2.68. The van der Waals surface area contributed by atoms with Crippen molar-refractivity contribution in [1.29, 1.82) is 0 Å². The average molecular weight is 244 g/mol. The summed E-state index contributed by atoms with van der Waals surface area (Å²) in [5.41, 5.74) is 2.20. The fraction of sp³-hybridized carbons (Fsp3) is 0.500. The van der Waals surface area contributed by atoms with Crippen LogP contribution in [0.1, 0.15) is 19.0 Å². The van der Waals surface area contributed by atoms with Crippen LogP contribution in [0.15, 0.2) is 30.6 Å². The van der Waals surface area contributed by atoms with Gasteiger partial charge in [-0.2, -0.15) is 0 Å².